The molecule has 0 radical (unpaired) electrons. The fourth-order valence-corrected chi connectivity index (χ4v) is 2.88. The van der Waals surface area contributed by atoms with E-state index in [4.69, 9.17) is 0 Å². The Kier molecular flexibility index (Phi) is 5.98. The largest absolute Gasteiger partial charge is 0.273 e. The highest BCUT2D eigenvalue weighted by atomic mass is 16.6. The standard InChI is InChI=1S/C20H19N5O4/c1-2-18-17(12-21-24(18)13-14-7-4-3-5-8-14)20(27)23-22-19(26)15-9-6-10-16(11-15)25(28)29/h3-12H,2,13H2,1H3,(H,22,26)(H,23,27). The Hall–Kier alpha value is -4.01. The summed E-state index contributed by atoms with van der Waals surface area (Å²) in [7, 11) is 0. The van der Waals surface area contributed by atoms with Crippen molar-refractivity contribution < 1.29 is 14.5 Å². The van der Waals surface area contributed by atoms with Crippen LogP contribution in [0.15, 0.2) is 60.8 Å². The van der Waals surface area contributed by atoms with Crippen molar-refractivity contribution in [2.75, 3.05) is 0 Å². The van der Waals surface area contributed by atoms with Crippen LogP contribution in [0.1, 0.15) is 38.9 Å². The Morgan fingerprint density at radius 2 is 1.79 bits per heavy atom. The molecule has 1 heterocycles. The van der Waals surface area contributed by atoms with Gasteiger partial charge in [-0.05, 0) is 18.1 Å². The Morgan fingerprint density at radius 1 is 1.07 bits per heavy atom. The monoisotopic (exact) mass is 393 g/mol. The summed E-state index contributed by atoms with van der Waals surface area (Å²) in [5.74, 6) is -1.17. The lowest BCUT2D eigenvalue weighted by atomic mass is 10.2. The van der Waals surface area contributed by atoms with Gasteiger partial charge in [0.2, 0.25) is 0 Å². The van der Waals surface area contributed by atoms with E-state index in [-0.39, 0.29) is 11.3 Å². The average molecular weight is 393 g/mol. The highest BCUT2D eigenvalue weighted by molar-refractivity contribution is 5.99. The molecule has 2 aromatic carbocycles. The summed E-state index contributed by atoms with van der Waals surface area (Å²) >= 11 is 0. The van der Waals surface area contributed by atoms with Crippen molar-refractivity contribution in [2.24, 2.45) is 0 Å². The SMILES string of the molecule is CCc1c(C(=O)NNC(=O)c2cccc([N+](=O)[O-])c2)cnn1Cc1ccccc1. The second kappa shape index (κ2) is 8.79. The van der Waals surface area contributed by atoms with Crippen molar-refractivity contribution in [1.82, 2.24) is 20.6 Å². The maximum Gasteiger partial charge on any atom is 0.273 e. The predicted octanol–water partition coefficient (Wildman–Crippen LogP) is 2.48. The number of aromatic nitrogens is 2. The summed E-state index contributed by atoms with van der Waals surface area (Å²) in [5.41, 5.74) is 6.60. The maximum absolute atomic E-state index is 12.5. The molecule has 0 spiro atoms. The fourth-order valence-electron chi connectivity index (χ4n) is 2.88. The van der Waals surface area contributed by atoms with E-state index in [0.717, 1.165) is 17.3 Å². The number of rotatable bonds is 6. The van der Waals surface area contributed by atoms with Crippen LogP contribution in [0, 0.1) is 10.1 Å². The number of nitro groups is 1. The molecule has 3 aromatic rings. The number of carbonyl (C=O) groups is 2. The number of carbonyl (C=O) groups excluding carboxylic acids is 2. The van der Waals surface area contributed by atoms with Crippen LogP contribution >= 0.6 is 0 Å². The Bertz CT molecular complexity index is 1050. The Morgan fingerprint density at radius 3 is 2.48 bits per heavy atom. The number of nitrogens with one attached hydrogen (secondary N) is 2. The fraction of sp³-hybridized carbons (Fsp3) is 0.150. The van der Waals surface area contributed by atoms with Crippen molar-refractivity contribution in [2.45, 2.75) is 19.9 Å². The van der Waals surface area contributed by atoms with Crippen LogP contribution in [0.25, 0.3) is 0 Å². The molecule has 0 bridgehead atoms. The molecule has 2 N–H and O–H groups in total. The number of benzene rings is 2. The molecule has 0 aliphatic rings. The number of hydrazine groups is 1. The van der Waals surface area contributed by atoms with E-state index < -0.39 is 16.7 Å². The first-order valence-corrected chi connectivity index (χ1v) is 8.93. The molecule has 148 valence electrons. The summed E-state index contributed by atoms with van der Waals surface area (Å²) in [6.07, 6.45) is 2.03. The molecule has 0 aliphatic carbocycles. The summed E-state index contributed by atoms with van der Waals surface area (Å²) in [5, 5.41) is 15.1. The lowest BCUT2D eigenvalue weighted by molar-refractivity contribution is -0.384. The molecule has 3 rings (SSSR count). The topological polar surface area (TPSA) is 119 Å². The maximum atomic E-state index is 12.5. The van der Waals surface area contributed by atoms with Gasteiger partial charge in [0.25, 0.3) is 17.5 Å². The van der Waals surface area contributed by atoms with Crippen LogP contribution in [-0.2, 0) is 13.0 Å². The normalized spacial score (nSPS) is 10.4. The van der Waals surface area contributed by atoms with Crippen LogP contribution in [0.5, 0.6) is 0 Å². The highest BCUT2D eigenvalue weighted by Crippen LogP contribution is 2.14. The van der Waals surface area contributed by atoms with E-state index in [1.165, 1.54) is 24.4 Å². The molecule has 9 nitrogen and oxygen atoms in total. The predicted molar refractivity (Wildman–Crippen MR) is 105 cm³/mol. The van der Waals surface area contributed by atoms with Crippen LogP contribution in [0.4, 0.5) is 5.69 Å². The van der Waals surface area contributed by atoms with Crippen molar-refractivity contribution >= 4 is 17.5 Å². The second-order valence-corrected chi connectivity index (χ2v) is 6.22. The number of hydrogen-bond donors (Lipinski definition) is 2. The van der Waals surface area contributed by atoms with Gasteiger partial charge in [-0.2, -0.15) is 5.10 Å². The first-order chi connectivity index (χ1) is 14.0. The summed E-state index contributed by atoms with van der Waals surface area (Å²) in [4.78, 5) is 34.9. The lowest BCUT2D eigenvalue weighted by Crippen LogP contribution is -2.41. The van der Waals surface area contributed by atoms with E-state index in [1.54, 1.807) is 4.68 Å². The molecule has 2 amide bonds. The summed E-state index contributed by atoms with van der Waals surface area (Å²) < 4.78 is 1.74. The van der Waals surface area contributed by atoms with E-state index in [2.05, 4.69) is 16.0 Å². The van der Waals surface area contributed by atoms with E-state index >= 15 is 0 Å². The molecule has 0 atom stereocenters. The van der Waals surface area contributed by atoms with Crippen molar-refractivity contribution in [3.8, 4) is 0 Å². The number of amides is 2. The molecule has 9 heteroatoms. The van der Waals surface area contributed by atoms with Gasteiger partial charge in [-0.3, -0.25) is 35.2 Å². The summed E-state index contributed by atoms with van der Waals surface area (Å²) in [6, 6.07) is 15.0. The minimum Gasteiger partial charge on any atom is -0.267 e. The molecule has 0 saturated carbocycles. The molecular weight excluding hydrogens is 374 g/mol. The average Bonchev–Trinajstić information content (AvgIpc) is 3.15. The van der Waals surface area contributed by atoms with Crippen molar-refractivity contribution in [3.63, 3.8) is 0 Å². The van der Waals surface area contributed by atoms with Gasteiger partial charge in [0, 0.05) is 17.7 Å². The number of nitrogens with zero attached hydrogens (tertiary/aromatic N) is 3. The number of nitro benzene ring substituents is 1. The van der Waals surface area contributed by atoms with Crippen LogP contribution in [0.3, 0.4) is 0 Å². The quantitative estimate of drug-likeness (QED) is 0.492. The molecule has 0 fully saturated rings. The van der Waals surface area contributed by atoms with Gasteiger partial charge >= 0.3 is 0 Å². The smallest absolute Gasteiger partial charge is 0.267 e. The summed E-state index contributed by atoms with van der Waals surface area (Å²) in [6.45, 7) is 2.44. The highest BCUT2D eigenvalue weighted by Gasteiger charge is 2.18. The second-order valence-electron chi connectivity index (χ2n) is 6.22. The van der Waals surface area contributed by atoms with Gasteiger partial charge in [0.05, 0.1) is 28.9 Å². The third-order valence-electron chi connectivity index (χ3n) is 4.31. The first kappa shape index (κ1) is 19.7. The zero-order valence-corrected chi connectivity index (χ0v) is 15.7. The van der Waals surface area contributed by atoms with Gasteiger partial charge < -0.3 is 0 Å². The van der Waals surface area contributed by atoms with Gasteiger partial charge in [0.1, 0.15) is 0 Å². The lowest BCUT2D eigenvalue weighted by Gasteiger charge is -2.09. The van der Waals surface area contributed by atoms with Crippen LogP contribution in [-0.4, -0.2) is 26.5 Å². The third-order valence-corrected chi connectivity index (χ3v) is 4.31. The van der Waals surface area contributed by atoms with Crippen LogP contribution in [0.2, 0.25) is 0 Å². The number of hydrogen-bond acceptors (Lipinski definition) is 5. The molecule has 0 aliphatic heterocycles. The van der Waals surface area contributed by atoms with Crippen LogP contribution < -0.4 is 10.9 Å². The van der Waals surface area contributed by atoms with Gasteiger partial charge in [0.15, 0.2) is 0 Å². The van der Waals surface area contributed by atoms with E-state index in [1.807, 2.05) is 37.3 Å². The van der Waals surface area contributed by atoms with E-state index in [9.17, 15) is 19.7 Å². The Labute approximate surface area is 166 Å². The zero-order valence-electron chi connectivity index (χ0n) is 15.7. The minimum atomic E-state index is -0.656. The molecular formula is C20H19N5O4. The Balaban J connectivity index is 1.68. The molecule has 0 unspecified atom stereocenters. The minimum absolute atomic E-state index is 0.0648. The molecule has 1 aromatic heterocycles. The first-order valence-electron chi connectivity index (χ1n) is 8.93. The molecule has 29 heavy (non-hydrogen) atoms. The number of non-ortho nitro benzene ring substituents is 1. The van der Waals surface area contributed by atoms with Crippen molar-refractivity contribution in [3.05, 3.63) is 93.3 Å². The van der Waals surface area contributed by atoms with E-state index in [0.29, 0.717) is 18.5 Å². The third kappa shape index (κ3) is 4.64. The van der Waals surface area contributed by atoms with Gasteiger partial charge in [-0.1, -0.05) is 43.3 Å². The zero-order chi connectivity index (χ0) is 20.8. The van der Waals surface area contributed by atoms with Gasteiger partial charge in [-0.15, -0.1) is 0 Å². The van der Waals surface area contributed by atoms with Crippen molar-refractivity contribution in [1.29, 1.82) is 0 Å². The van der Waals surface area contributed by atoms with Gasteiger partial charge in [-0.25, -0.2) is 0 Å². The molecule has 0 saturated heterocycles.